The van der Waals surface area contributed by atoms with E-state index >= 15 is 0 Å². The highest BCUT2D eigenvalue weighted by Gasteiger charge is 2.49. The topological polar surface area (TPSA) is 58.0 Å². The Labute approximate surface area is 131 Å². The van der Waals surface area contributed by atoms with E-state index in [0.717, 1.165) is 30.7 Å². The van der Waals surface area contributed by atoms with Gasteiger partial charge in [0, 0.05) is 18.2 Å². The second kappa shape index (κ2) is 5.81. The molecule has 1 saturated carbocycles. The van der Waals surface area contributed by atoms with Crippen LogP contribution in [0.15, 0.2) is 42.6 Å². The van der Waals surface area contributed by atoms with E-state index in [-0.39, 0.29) is 11.4 Å². The summed E-state index contributed by atoms with van der Waals surface area (Å²) in [5.41, 5.74) is -0.556. The molecule has 1 aromatic carbocycles. The highest BCUT2D eigenvalue weighted by molar-refractivity contribution is 5.29. The molecule has 0 bridgehead atoms. The van der Waals surface area contributed by atoms with Crippen LogP contribution in [0.25, 0.3) is 0 Å². The molecule has 0 spiro atoms. The molecule has 1 aromatic heterocycles. The molecule has 7 heteroatoms. The smallest absolute Gasteiger partial charge is 0.388 e. The molecule has 3 rings (SSSR count). The molecular formula is C16H16F3N3O. The average molecular weight is 323 g/mol. The number of nitrogens with one attached hydrogen (secondary N) is 1. The Morgan fingerprint density at radius 3 is 2.48 bits per heavy atom. The average Bonchev–Trinajstić information content (AvgIpc) is 3.34. The maximum atomic E-state index is 12.6. The summed E-state index contributed by atoms with van der Waals surface area (Å²) in [6, 6.07) is 10.1. The zero-order valence-electron chi connectivity index (χ0n) is 12.2. The van der Waals surface area contributed by atoms with Gasteiger partial charge in [0.15, 0.2) is 0 Å². The standard InChI is InChI=1S/C16H16F3N3O/c17-16(18,19)12-6-9-20-14(22-12)21-10-15(7-8-15)13(23)11-4-2-1-3-5-11/h1-6,9,13,23H,7-8,10H2,(H,20,21,22)/t13-/m0/s1. The van der Waals surface area contributed by atoms with Crippen LogP contribution in [-0.2, 0) is 6.18 Å². The Morgan fingerprint density at radius 1 is 1.17 bits per heavy atom. The molecule has 0 amide bonds. The molecular weight excluding hydrogens is 307 g/mol. The Hall–Kier alpha value is -2.15. The fraction of sp³-hybridized carbons (Fsp3) is 0.375. The summed E-state index contributed by atoms with van der Waals surface area (Å²) in [4.78, 5) is 7.29. The number of benzene rings is 1. The molecule has 1 aliphatic rings. The first-order valence-corrected chi connectivity index (χ1v) is 7.28. The fourth-order valence-corrected chi connectivity index (χ4v) is 2.55. The van der Waals surface area contributed by atoms with Crippen LogP contribution in [0, 0.1) is 5.41 Å². The van der Waals surface area contributed by atoms with Crippen LogP contribution >= 0.6 is 0 Å². The number of aromatic nitrogens is 2. The lowest BCUT2D eigenvalue weighted by Crippen LogP contribution is -2.24. The predicted octanol–water partition coefficient (Wildman–Crippen LogP) is 3.42. The number of nitrogens with zero attached hydrogens (tertiary/aromatic N) is 2. The number of halogens is 3. The molecule has 0 unspecified atom stereocenters. The number of rotatable bonds is 5. The van der Waals surface area contributed by atoms with Crippen LogP contribution in [0.3, 0.4) is 0 Å². The second-order valence-electron chi connectivity index (χ2n) is 5.79. The number of anilines is 1. The number of aliphatic hydroxyl groups is 1. The second-order valence-corrected chi connectivity index (χ2v) is 5.79. The minimum absolute atomic E-state index is 0.0774. The van der Waals surface area contributed by atoms with Gasteiger partial charge in [-0.25, -0.2) is 9.97 Å². The minimum atomic E-state index is -4.50. The third-order valence-corrected chi connectivity index (χ3v) is 4.13. The van der Waals surface area contributed by atoms with Crippen LogP contribution in [0.1, 0.15) is 30.2 Å². The van der Waals surface area contributed by atoms with Crippen molar-refractivity contribution >= 4 is 5.95 Å². The molecule has 0 saturated heterocycles. The van der Waals surface area contributed by atoms with Crippen LogP contribution < -0.4 is 5.32 Å². The molecule has 1 heterocycles. The fourth-order valence-electron chi connectivity index (χ4n) is 2.55. The molecule has 1 atom stereocenters. The number of hydrogen-bond acceptors (Lipinski definition) is 4. The number of aliphatic hydroxyl groups excluding tert-OH is 1. The third kappa shape index (κ3) is 3.44. The van der Waals surface area contributed by atoms with Crippen molar-refractivity contribution in [3.05, 3.63) is 53.9 Å². The van der Waals surface area contributed by atoms with E-state index in [2.05, 4.69) is 15.3 Å². The van der Waals surface area contributed by atoms with Crippen LogP contribution in [-0.4, -0.2) is 21.6 Å². The van der Waals surface area contributed by atoms with Crippen molar-refractivity contribution < 1.29 is 18.3 Å². The van der Waals surface area contributed by atoms with Gasteiger partial charge in [-0.2, -0.15) is 13.2 Å². The van der Waals surface area contributed by atoms with Gasteiger partial charge in [-0.1, -0.05) is 30.3 Å². The highest BCUT2D eigenvalue weighted by atomic mass is 19.4. The van der Waals surface area contributed by atoms with E-state index in [1.54, 1.807) is 0 Å². The maximum Gasteiger partial charge on any atom is 0.433 e. The van der Waals surface area contributed by atoms with Crippen molar-refractivity contribution in [2.24, 2.45) is 5.41 Å². The summed E-state index contributed by atoms with van der Waals surface area (Å²) < 4.78 is 37.9. The Kier molecular flexibility index (Phi) is 3.97. The summed E-state index contributed by atoms with van der Waals surface area (Å²) in [7, 11) is 0. The van der Waals surface area contributed by atoms with Gasteiger partial charge in [0.1, 0.15) is 5.69 Å². The quantitative estimate of drug-likeness (QED) is 0.885. The third-order valence-electron chi connectivity index (χ3n) is 4.13. The van der Waals surface area contributed by atoms with Gasteiger partial charge >= 0.3 is 6.18 Å². The molecule has 0 radical (unpaired) electrons. The van der Waals surface area contributed by atoms with E-state index in [0.29, 0.717) is 6.54 Å². The first-order valence-electron chi connectivity index (χ1n) is 7.28. The van der Waals surface area contributed by atoms with Crippen molar-refractivity contribution in [2.45, 2.75) is 25.1 Å². The molecule has 2 aromatic rings. The van der Waals surface area contributed by atoms with Gasteiger partial charge < -0.3 is 10.4 Å². The van der Waals surface area contributed by atoms with Crippen LogP contribution in [0.4, 0.5) is 19.1 Å². The molecule has 122 valence electrons. The molecule has 0 aliphatic heterocycles. The highest BCUT2D eigenvalue weighted by Crippen LogP contribution is 2.54. The van der Waals surface area contributed by atoms with Gasteiger partial charge in [0.25, 0.3) is 0 Å². The number of alkyl halides is 3. The Balaban J connectivity index is 1.69. The zero-order chi connectivity index (χ0) is 16.5. The van der Waals surface area contributed by atoms with E-state index < -0.39 is 18.0 Å². The van der Waals surface area contributed by atoms with E-state index in [1.807, 2.05) is 30.3 Å². The lowest BCUT2D eigenvalue weighted by atomic mass is 9.93. The van der Waals surface area contributed by atoms with Gasteiger partial charge in [0.2, 0.25) is 5.95 Å². The van der Waals surface area contributed by atoms with Gasteiger partial charge in [-0.05, 0) is 24.5 Å². The van der Waals surface area contributed by atoms with Gasteiger partial charge in [-0.15, -0.1) is 0 Å². The lowest BCUT2D eigenvalue weighted by Gasteiger charge is -2.23. The SMILES string of the molecule is O[C@@H](c1ccccc1)C1(CNc2nccc(C(F)(F)F)n2)CC1. The van der Waals surface area contributed by atoms with Crippen molar-refractivity contribution in [3.63, 3.8) is 0 Å². The summed E-state index contributed by atoms with van der Waals surface area (Å²) in [6.07, 6.45) is -2.49. The molecule has 2 N–H and O–H groups in total. The van der Waals surface area contributed by atoms with Crippen LogP contribution in [0.2, 0.25) is 0 Å². The van der Waals surface area contributed by atoms with E-state index in [4.69, 9.17) is 0 Å². The molecule has 4 nitrogen and oxygen atoms in total. The van der Waals surface area contributed by atoms with Crippen molar-refractivity contribution in [3.8, 4) is 0 Å². The summed E-state index contributed by atoms with van der Waals surface area (Å²) in [5.74, 6) is -0.0774. The first kappa shape index (κ1) is 15.7. The Bertz CT molecular complexity index is 672. The normalized spacial score (nSPS) is 17.6. The number of hydrogen-bond donors (Lipinski definition) is 2. The van der Waals surface area contributed by atoms with Gasteiger partial charge in [-0.3, -0.25) is 0 Å². The van der Waals surface area contributed by atoms with Crippen molar-refractivity contribution in [1.29, 1.82) is 0 Å². The summed E-state index contributed by atoms with van der Waals surface area (Å²) in [5, 5.41) is 13.3. The summed E-state index contributed by atoms with van der Waals surface area (Å²) >= 11 is 0. The molecule has 1 aliphatic carbocycles. The minimum Gasteiger partial charge on any atom is -0.388 e. The first-order chi connectivity index (χ1) is 10.9. The summed E-state index contributed by atoms with van der Waals surface area (Å²) in [6.45, 7) is 0.324. The molecule has 1 fully saturated rings. The Morgan fingerprint density at radius 2 is 1.87 bits per heavy atom. The van der Waals surface area contributed by atoms with Crippen LogP contribution in [0.5, 0.6) is 0 Å². The lowest BCUT2D eigenvalue weighted by molar-refractivity contribution is -0.141. The van der Waals surface area contributed by atoms with Crippen molar-refractivity contribution in [2.75, 3.05) is 11.9 Å². The molecule has 23 heavy (non-hydrogen) atoms. The van der Waals surface area contributed by atoms with Crippen molar-refractivity contribution in [1.82, 2.24) is 9.97 Å². The van der Waals surface area contributed by atoms with E-state index in [9.17, 15) is 18.3 Å². The van der Waals surface area contributed by atoms with Gasteiger partial charge in [0.05, 0.1) is 6.10 Å². The monoisotopic (exact) mass is 323 g/mol. The largest absolute Gasteiger partial charge is 0.433 e. The predicted molar refractivity (Wildman–Crippen MR) is 78.6 cm³/mol. The van der Waals surface area contributed by atoms with E-state index in [1.165, 1.54) is 0 Å². The maximum absolute atomic E-state index is 12.6. The zero-order valence-corrected chi connectivity index (χ0v) is 12.2.